The van der Waals surface area contributed by atoms with E-state index in [0.29, 0.717) is 10.7 Å². The minimum absolute atomic E-state index is 0.165. The zero-order valence-electron chi connectivity index (χ0n) is 10.3. The largest absolute Gasteiger partial charge is 0.480 e. The van der Waals surface area contributed by atoms with Crippen LogP contribution < -0.4 is 5.32 Å². The quantitative estimate of drug-likeness (QED) is 0.888. The molecule has 0 amide bonds. The molecule has 0 saturated carbocycles. The van der Waals surface area contributed by atoms with Crippen LogP contribution in [0.3, 0.4) is 0 Å². The predicted octanol–water partition coefficient (Wildman–Crippen LogP) is 3.20. The van der Waals surface area contributed by atoms with Crippen LogP contribution in [0.2, 0.25) is 15.1 Å². The van der Waals surface area contributed by atoms with E-state index in [4.69, 9.17) is 45.2 Å². The Balaban J connectivity index is 2.57. The Morgan fingerprint density at radius 2 is 2.00 bits per heavy atom. The van der Waals surface area contributed by atoms with E-state index in [1.165, 1.54) is 23.0 Å². The van der Waals surface area contributed by atoms with Gasteiger partial charge >= 0.3 is 5.97 Å². The van der Waals surface area contributed by atoms with Crippen LogP contribution in [0, 0.1) is 11.3 Å². The van der Waals surface area contributed by atoms with Crippen molar-refractivity contribution in [3.05, 3.63) is 39.0 Å². The van der Waals surface area contributed by atoms with Crippen molar-refractivity contribution < 1.29 is 9.90 Å². The molecule has 0 fully saturated rings. The summed E-state index contributed by atoms with van der Waals surface area (Å²) in [6, 6.07) is 4.85. The van der Waals surface area contributed by atoms with Gasteiger partial charge in [-0.05, 0) is 12.1 Å². The SMILES string of the molecule is N#Cc1cnn(-c2c(Cl)cc(Cl)cc2Cl)c1NCC(=O)O. The molecule has 0 atom stereocenters. The van der Waals surface area contributed by atoms with E-state index in [1.807, 2.05) is 6.07 Å². The maximum atomic E-state index is 10.7. The third kappa shape index (κ3) is 3.22. The number of halogens is 3. The third-order valence-corrected chi connectivity index (χ3v) is 3.28. The third-order valence-electron chi connectivity index (χ3n) is 2.49. The number of rotatable bonds is 4. The van der Waals surface area contributed by atoms with Gasteiger partial charge in [-0.2, -0.15) is 10.4 Å². The lowest BCUT2D eigenvalue weighted by atomic mass is 10.3. The molecule has 2 rings (SSSR count). The van der Waals surface area contributed by atoms with Crippen LogP contribution in [0.15, 0.2) is 18.3 Å². The Bertz CT molecular complexity index is 728. The van der Waals surface area contributed by atoms with Gasteiger partial charge in [0.15, 0.2) is 0 Å². The van der Waals surface area contributed by atoms with Crippen LogP contribution in [-0.4, -0.2) is 27.4 Å². The van der Waals surface area contributed by atoms with E-state index in [9.17, 15) is 4.79 Å². The normalized spacial score (nSPS) is 10.2. The molecule has 0 bridgehead atoms. The van der Waals surface area contributed by atoms with Gasteiger partial charge in [-0.15, -0.1) is 0 Å². The zero-order valence-corrected chi connectivity index (χ0v) is 12.5. The fourth-order valence-corrected chi connectivity index (χ4v) is 2.64. The minimum Gasteiger partial charge on any atom is -0.480 e. The van der Waals surface area contributed by atoms with Gasteiger partial charge in [0.1, 0.15) is 29.7 Å². The Labute approximate surface area is 134 Å². The van der Waals surface area contributed by atoms with Crippen LogP contribution in [0.4, 0.5) is 5.82 Å². The molecule has 9 heteroatoms. The number of nitrogens with zero attached hydrogens (tertiary/aromatic N) is 3. The first-order valence-electron chi connectivity index (χ1n) is 5.52. The van der Waals surface area contributed by atoms with Gasteiger partial charge in [0.2, 0.25) is 0 Å². The second-order valence-electron chi connectivity index (χ2n) is 3.90. The van der Waals surface area contributed by atoms with E-state index in [-0.39, 0.29) is 28.0 Å². The van der Waals surface area contributed by atoms with Crippen LogP contribution >= 0.6 is 34.8 Å². The molecule has 1 heterocycles. The Kier molecular flexibility index (Phi) is 4.58. The highest BCUT2D eigenvalue weighted by Gasteiger charge is 2.18. The number of nitrogens with one attached hydrogen (secondary N) is 1. The molecule has 1 aromatic carbocycles. The number of aromatic nitrogens is 2. The first kappa shape index (κ1) is 15.4. The van der Waals surface area contributed by atoms with Crippen LogP contribution in [0.25, 0.3) is 5.69 Å². The number of hydrogen-bond acceptors (Lipinski definition) is 4. The predicted molar refractivity (Wildman–Crippen MR) is 79.4 cm³/mol. The summed E-state index contributed by atoms with van der Waals surface area (Å²) in [7, 11) is 0. The highest BCUT2D eigenvalue weighted by atomic mass is 35.5. The van der Waals surface area contributed by atoms with Gasteiger partial charge in [-0.25, -0.2) is 4.68 Å². The lowest BCUT2D eigenvalue weighted by Crippen LogP contribution is -2.16. The standard InChI is InChI=1S/C12H7Cl3N4O2/c13-7-1-8(14)11(9(15)2-7)19-12(17-5-10(20)21)6(3-16)4-18-19/h1-2,4,17H,5H2,(H,20,21). The lowest BCUT2D eigenvalue weighted by molar-refractivity contribution is -0.134. The van der Waals surface area contributed by atoms with Gasteiger partial charge in [0.05, 0.1) is 16.2 Å². The number of carboxylic acid groups (broad SMARTS) is 1. The molecule has 0 radical (unpaired) electrons. The highest BCUT2D eigenvalue weighted by molar-refractivity contribution is 6.40. The number of benzene rings is 1. The molecule has 2 N–H and O–H groups in total. The Morgan fingerprint density at radius 3 is 2.52 bits per heavy atom. The smallest absolute Gasteiger partial charge is 0.322 e. The molecule has 0 aliphatic carbocycles. The molecule has 0 spiro atoms. The van der Waals surface area contributed by atoms with E-state index in [0.717, 1.165) is 0 Å². The first-order valence-corrected chi connectivity index (χ1v) is 6.66. The van der Waals surface area contributed by atoms with Crippen molar-refractivity contribution in [2.75, 3.05) is 11.9 Å². The van der Waals surface area contributed by atoms with Gasteiger partial charge in [-0.1, -0.05) is 34.8 Å². The maximum Gasteiger partial charge on any atom is 0.322 e. The molecule has 0 aliphatic heterocycles. The van der Waals surface area contributed by atoms with Crippen molar-refractivity contribution in [2.24, 2.45) is 0 Å². The molecule has 108 valence electrons. The summed E-state index contributed by atoms with van der Waals surface area (Å²) >= 11 is 18.0. The average molecular weight is 346 g/mol. The average Bonchev–Trinajstić information content (AvgIpc) is 2.78. The minimum atomic E-state index is -1.08. The summed E-state index contributed by atoms with van der Waals surface area (Å²) in [5, 5.41) is 25.2. The molecule has 21 heavy (non-hydrogen) atoms. The molecule has 0 aliphatic rings. The lowest BCUT2D eigenvalue weighted by Gasteiger charge is -2.12. The van der Waals surface area contributed by atoms with Crippen molar-refractivity contribution in [3.8, 4) is 11.8 Å². The van der Waals surface area contributed by atoms with E-state index < -0.39 is 5.97 Å². The second kappa shape index (κ2) is 6.22. The van der Waals surface area contributed by atoms with Gasteiger partial charge < -0.3 is 10.4 Å². The summed E-state index contributed by atoms with van der Waals surface area (Å²) < 4.78 is 1.27. The van der Waals surface area contributed by atoms with E-state index >= 15 is 0 Å². The van der Waals surface area contributed by atoms with E-state index in [1.54, 1.807) is 0 Å². The van der Waals surface area contributed by atoms with Gasteiger partial charge in [0, 0.05) is 5.02 Å². The van der Waals surface area contributed by atoms with E-state index in [2.05, 4.69) is 10.4 Å². The Hall–Kier alpha value is -1.94. The van der Waals surface area contributed by atoms with Gasteiger partial charge in [0.25, 0.3) is 0 Å². The van der Waals surface area contributed by atoms with Crippen molar-refractivity contribution in [3.63, 3.8) is 0 Å². The number of carboxylic acids is 1. The van der Waals surface area contributed by atoms with Crippen molar-refractivity contribution >= 4 is 46.6 Å². The molecule has 2 aromatic rings. The summed E-state index contributed by atoms with van der Waals surface area (Å²) in [5.41, 5.74) is 0.468. The number of aliphatic carboxylic acids is 1. The molecular formula is C12H7Cl3N4O2. The zero-order chi connectivity index (χ0) is 15.6. The number of carbonyl (C=O) groups is 1. The van der Waals surface area contributed by atoms with Crippen LogP contribution in [0.1, 0.15) is 5.56 Å². The van der Waals surface area contributed by atoms with Gasteiger partial charge in [-0.3, -0.25) is 4.79 Å². The number of hydrogen-bond donors (Lipinski definition) is 2. The summed E-state index contributed by atoms with van der Waals surface area (Å²) in [4.78, 5) is 10.7. The summed E-state index contributed by atoms with van der Waals surface area (Å²) in [6.45, 7) is -0.386. The fourth-order valence-electron chi connectivity index (χ4n) is 1.67. The molecular weight excluding hydrogens is 339 g/mol. The molecule has 6 nitrogen and oxygen atoms in total. The fraction of sp³-hybridized carbons (Fsp3) is 0.0833. The second-order valence-corrected chi connectivity index (χ2v) is 5.15. The molecule has 0 unspecified atom stereocenters. The summed E-state index contributed by atoms with van der Waals surface area (Å²) in [5.74, 6) is -0.897. The molecule has 1 aromatic heterocycles. The van der Waals surface area contributed by atoms with Crippen molar-refractivity contribution in [2.45, 2.75) is 0 Å². The summed E-state index contributed by atoms with van der Waals surface area (Å²) in [6.07, 6.45) is 1.28. The monoisotopic (exact) mass is 344 g/mol. The molecule has 0 saturated heterocycles. The topological polar surface area (TPSA) is 90.9 Å². The van der Waals surface area contributed by atoms with Crippen molar-refractivity contribution in [1.82, 2.24) is 9.78 Å². The number of nitriles is 1. The first-order chi connectivity index (χ1) is 9.93. The highest BCUT2D eigenvalue weighted by Crippen LogP contribution is 2.34. The maximum absolute atomic E-state index is 10.7. The van der Waals surface area contributed by atoms with Crippen LogP contribution in [0.5, 0.6) is 0 Å². The van der Waals surface area contributed by atoms with Crippen LogP contribution in [-0.2, 0) is 4.79 Å². The van der Waals surface area contributed by atoms with Crippen molar-refractivity contribution in [1.29, 1.82) is 5.26 Å². The Morgan fingerprint density at radius 1 is 1.38 bits per heavy atom. The number of anilines is 1.